The molecule has 0 saturated carbocycles. The molecule has 0 unspecified atom stereocenters. The Balaban J connectivity index is 2.88. The van der Waals surface area contributed by atoms with Crippen LogP contribution in [-0.2, 0) is 14.3 Å². The van der Waals surface area contributed by atoms with E-state index in [0.717, 1.165) is 0 Å². The Morgan fingerprint density at radius 2 is 2.14 bits per heavy atom. The predicted octanol–water partition coefficient (Wildman–Crippen LogP) is -1.85. The number of ether oxygens (including phenoxy) is 1. The van der Waals surface area contributed by atoms with Gasteiger partial charge in [0, 0.05) is 25.3 Å². The van der Waals surface area contributed by atoms with Crippen molar-refractivity contribution in [3.63, 3.8) is 0 Å². The molecule has 8 heteroatoms. The maximum atomic E-state index is 11.9. The van der Waals surface area contributed by atoms with Crippen molar-refractivity contribution >= 4 is 11.7 Å². The van der Waals surface area contributed by atoms with E-state index in [1.165, 1.54) is 7.11 Å². The van der Waals surface area contributed by atoms with Crippen LogP contribution in [0.25, 0.3) is 0 Å². The Bertz CT molecular complexity index is 436. The molecule has 0 aromatic heterocycles. The Morgan fingerprint density at radius 3 is 2.62 bits per heavy atom. The molecule has 0 bridgehead atoms. The molecule has 0 aliphatic heterocycles. The van der Waals surface area contributed by atoms with E-state index in [2.05, 4.69) is 5.32 Å². The van der Waals surface area contributed by atoms with Crippen molar-refractivity contribution in [3.8, 4) is 0 Å². The molecule has 8 nitrogen and oxygen atoms in total. The third-order valence-corrected chi connectivity index (χ3v) is 3.36. The summed E-state index contributed by atoms with van der Waals surface area (Å²) in [6.07, 6.45) is 0.110. The summed E-state index contributed by atoms with van der Waals surface area (Å²) >= 11 is 0. The average Bonchev–Trinajstić information content (AvgIpc) is 2.42. The highest BCUT2D eigenvalue weighted by molar-refractivity contribution is 5.95. The topological polar surface area (TPSA) is 142 Å². The number of hydrogen-bond donors (Lipinski definition) is 5. The van der Waals surface area contributed by atoms with E-state index in [0.29, 0.717) is 5.70 Å². The van der Waals surface area contributed by atoms with E-state index in [1.807, 2.05) is 0 Å². The van der Waals surface area contributed by atoms with Gasteiger partial charge < -0.3 is 31.1 Å². The molecule has 0 fully saturated rings. The zero-order chi connectivity index (χ0) is 16.0. The van der Waals surface area contributed by atoms with Gasteiger partial charge in [-0.05, 0) is 6.42 Å². The van der Waals surface area contributed by atoms with Crippen LogP contribution in [0.4, 0.5) is 0 Å². The number of Topliss-reactive ketones (excluding diaryl/α,β-unsaturated/α-hetero) is 1. The van der Waals surface area contributed by atoms with Gasteiger partial charge in [-0.15, -0.1) is 0 Å². The second kappa shape index (κ2) is 7.39. The van der Waals surface area contributed by atoms with E-state index >= 15 is 0 Å². The molecule has 0 heterocycles. The van der Waals surface area contributed by atoms with Crippen LogP contribution in [0, 0.1) is 0 Å². The zero-order valence-corrected chi connectivity index (χ0v) is 12.0. The maximum Gasteiger partial charge on any atom is 0.217 e. The highest BCUT2D eigenvalue weighted by Gasteiger charge is 2.39. The molecule has 0 radical (unpaired) electrons. The molecule has 0 aromatic rings. The number of primary amides is 1. The third kappa shape index (κ3) is 4.69. The van der Waals surface area contributed by atoms with E-state index < -0.39 is 29.9 Å². The first-order valence-electron chi connectivity index (χ1n) is 6.64. The lowest BCUT2D eigenvalue weighted by atomic mass is 9.86. The number of nitrogens with one attached hydrogen (secondary N) is 1. The number of nitrogens with two attached hydrogens (primary N) is 1. The summed E-state index contributed by atoms with van der Waals surface area (Å²) < 4.78 is 5.03. The molecule has 1 aliphatic rings. The zero-order valence-electron chi connectivity index (χ0n) is 12.0. The minimum absolute atomic E-state index is 0.00845. The van der Waals surface area contributed by atoms with Gasteiger partial charge in [-0.2, -0.15) is 0 Å². The summed E-state index contributed by atoms with van der Waals surface area (Å²) in [6, 6.07) is -0.508. The van der Waals surface area contributed by atoms with Crippen molar-refractivity contribution < 1.29 is 29.6 Å². The summed E-state index contributed by atoms with van der Waals surface area (Å²) in [6.45, 7) is -0.842. The molecule has 0 spiro atoms. The van der Waals surface area contributed by atoms with Gasteiger partial charge in [0.05, 0.1) is 26.0 Å². The summed E-state index contributed by atoms with van der Waals surface area (Å²) in [5.41, 5.74) is 3.81. The summed E-state index contributed by atoms with van der Waals surface area (Å²) in [5.74, 6) is -0.872. The Kier molecular flexibility index (Phi) is 6.13. The van der Waals surface area contributed by atoms with Gasteiger partial charge in [-0.1, -0.05) is 0 Å². The van der Waals surface area contributed by atoms with Crippen LogP contribution >= 0.6 is 0 Å². The van der Waals surface area contributed by atoms with Gasteiger partial charge in [-0.3, -0.25) is 9.59 Å². The summed E-state index contributed by atoms with van der Waals surface area (Å²) in [4.78, 5) is 22.7. The molecule has 1 aliphatic carbocycles. The third-order valence-electron chi connectivity index (χ3n) is 3.36. The maximum absolute atomic E-state index is 11.9. The second-order valence-electron chi connectivity index (χ2n) is 5.20. The molecule has 1 rings (SSSR count). The molecule has 120 valence electrons. The number of hydrogen-bond acceptors (Lipinski definition) is 7. The number of ketones is 1. The molecule has 6 N–H and O–H groups in total. The van der Waals surface area contributed by atoms with Crippen molar-refractivity contribution in [2.24, 2.45) is 5.73 Å². The van der Waals surface area contributed by atoms with Crippen LogP contribution in [0.15, 0.2) is 11.5 Å². The molecule has 1 amide bonds. The van der Waals surface area contributed by atoms with Crippen LogP contribution in [0.5, 0.6) is 0 Å². The van der Waals surface area contributed by atoms with Crippen molar-refractivity contribution in [3.05, 3.63) is 11.5 Å². The van der Waals surface area contributed by atoms with Gasteiger partial charge in [-0.25, -0.2) is 0 Å². The van der Waals surface area contributed by atoms with E-state index in [1.54, 1.807) is 0 Å². The minimum atomic E-state index is -1.55. The van der Waals surface area contributed by atoms with Gasteiger partial charge in [0.25, 0.3) is 0 Å². The molecule has 21 heavy (non-hydrogen) atoms. The SMILES string of the molecule is COC1=C(N[C@H](CO)CCC(N)=O)C[C@](O)(CO)CC1=O. The summed E-state index contributed by atoms with van der Waals surface area (Å²) in [5, 5.41) is 31.5. The lowest BCUT2D eigenvalue weighted by Crippen LogP contribution is -2.45. The fourth-order valence-corrected chi connectivity index (χ4v) is 2.26. The average molecular weight is 302 g/mol. The monoisotopic (exact) mass is 302 g/mol. The lowest BCUT2D eigenvalue weighted by Gasteiger charge is -2.33. The Hall–Kier alpha value is -1.64. The quantitative estimate of drug-likeness (QED) is 0.354. The summed E-state index contributed by atoms with van der Waals surface area (Å²) in [7, 11) is 1.33. The molecule has 0 aromatic carbocycles. The van der Waals surface area contributed by atoms with Gasteiger partial charge >= 0.3 is 0 Å². The van der Waals surface area contributed by atoms with Crippen LogP contribution < -0.4 is 11.1 Å². The standard InChI is InChI=1S/C13H22N2O6/c1-21-12-9(4-13(20,7-17)5-10(12)18)15-8(6-16)2-3-11(14)19/h8,15-17,20H,2-7H2,1H3,(H2,14,19)/t8-,13+/m0/s1. The van der Waals surface area contributed by atoms with Crippen molar-refractivity contribution in [1.82, 2.24) is 5.32 Å². The van der Waals surface area contributed by atoms with Crippen LogP contribution in [0.1, 0.15) is 25.7 Å². The first kappa shape index (κ1) is 17.4. The van der Waals surface area contributed by atoms with Gasteiger partial charge in [0.1, 0.15) is 5.60 Å². The van der Waals surface area contributed by atoms with E-state index in [-0.39, 0.29) is 38.0 Å². The van der Waals surface area contributed by atoms with Crippen molar-refractivity contribution in [1.29, 1.82) is 0 Å². The van der Waals surface area contributed by atoms with Crippen LogP contribution in [-0.4, -0.2) is 59.0 Å². The van der Waals surface area contributed by atoms with E-state index in [4.69, 9.17) is 10.5 Å². The second-order valence-corrected chi connectivity index (χ2v) is 5.20. The van der Waals surface area contributed by atoms with Gasteiger partial charge in [0.15, 0.2) is 5.76 Å². The number of rotatable bonds is 8. The highest BCUT2D eigenvalue weighted by Crippen LogP contribution is 2.29. The first-order valence-corrected chi connectivity index (χ1v) is 6.64. The Labute approximate surface area is 122 Å². The fourth-order valence-electron chi connectivity index (χ4n) is 2.26. The number of amides is 1. The molecular formula is C13H22N2O6. The van der Waals surface area contributed by atoms with E-state index in [9.17, 15) is 24.9 Å². The molecular weight excluding hydrogens is 280 g/mol. The number of methoxy groups -OCH3 is 1. The van der Waals surface area contributed by atoms with Crippen LogP contribution in [0.3, 0.4) is 0 Å². The minimum Gasteiger partial charge on any atom is -0.491 e. The molecule has 0 saturated heterocycles. The lowest BCUT2D eigenvalue weighted by molar-refractivity contribution is -0.127. The number of aliphatic hydroxyl groups is 3. The van der Waals surface area contributed by atoms with Gasteiger partial charge in [0.2, 0.25) is 11.7 Å². The largest absolute Gasteiger partial charge is 0.491 e. The number of carbonyl (C=O) groups is 2. The number of aliphatic hydroxyl groups excluding tert-OH is 2. The number of allylic oxidation sites excluding steroid dienone is 1. The fraction of sp³-hybridized carbons (Fsp3) is 0.692. The van der Waals surface area contributed by atoms with Crippen molar-refractivity contribution in [2.45, 2.75) is 37.3 Å². The Morgan fingerprint density at radius 1 is 1.48 bits per heavy atom. The molecule has 2 atom stereocenters. The number of carbonyl (C=O) groups excluding carboxylic acids is 2. The van der Waals surface area contributed by atoms with Crippen molar-refractivity contribution in [2.75, 3.05) is 20.3 Å². The highest BCUT2D eigenvalue weighted by atomic mass is 16.5. The predicted molar refractivity (Wildman–Crippen MR) is 72.7 cm³/mol. The normalized spacial score (nSPS) is 23.9. The van der Waals surface area contributed by atoms with Crippen LogP contribution in [0.2, 0.25) is 0 Å². The first-order chi connectivity index (χ1) is 9.85. The smallest absolute Gasteiger partial charge is 0.217 e.